The van der Waals surface area contributed by atoms with E-state index in [0.29, 0.717) is 10.8 Å². The summed E-state index contributed by atoms with van der Waals surface area (Å²) in [4.78, 5) is 0. The van der Waals surface area contributed by atoms with Gasteiger partial charge in [0, 0.05) is 13.2 Å². The fourth-order valence-corrected chi connectivity index (χ4v) is 13.2. The maximum absolute atomic E-state index is 7.05. The molecule has 2 aliphatic carbocycles. The van der Waals surface area contributed by atoms with E-state index in [2.05, 4.69) is 69.2 Å². The van der Waals surface area contributed by atoms with E-state index >= 15 is 0 Å². The van der Waals surface area contributed by atoms with Crippen molar-refractivity contribution in [2.45, 2.75) is 133 Å². The van der Waals surface area contributed by atoms with Crippen LogP contribution in [0.2, 0.25) is 0 Å². The number of allylic oxidation sites excluding steroid dienone is 4. The Morgan fingerprint density at radius 2 is 0.939 bits per heavy atom. The Morgan fingerprint density at radius 3 is 1.15 bits per heavy atom. The first kappa shape index (κ1) is 28.9. The van der Waals surface area contributed by atoms with E-state index in [1.807, 2.05) is 0 Å². The third kappa shape index (κ3) is 4.38. The quantitative estimate of drug-likeness (QED) is 0.232. The molecule has 2 nitrogen and oxygen atoms in total. The largest absolute Gasteiger partial charge is 0.398 e. The van der Waals surface area contributed by atoms with Gasteiger partial charge in [-0.3, -0.25) is 0 Å². The Labute approximate surface area is 208 Å². The van der Waals surface area contributed by atoms with Crippen LogP contribution in [-0.2, 0) is 8.85 Å². The van der Waals surface area contributed by atoms with Gasteiger partial charge < -0.3 is 8.85 Å². The zero-order valence-corrected chi connectivity index (χ0v) is 25.0. The third-order valence-corrected chi connectivity index (χ3v) is 14.1. The molecule has 0 fully saturated rings. The lowest BCUT2D eigenvalue weighted by atomic mass is 9.68. The summed E-state index contributed by atoms with van der Waals surface area (Å²) in [5, 5.41) is 3.28. The van der Waals surface area contributed by atoms with E-state index in [1.54, 1.807) is 21.5 Å². The van der Waals surface area contributed by atoms with Crippen LogP contribution in [0.5, 0.6) is 0 Å². The molecular weight excluding hydrogens is 420 g/mol. The minimum absolute atomic E-state index is 0.327. The van der Waals surface area contributed by atoms with E-state index in [-0.39, 0.29) is 0 Å². The lowest BCUT2D eigenvalue weighted by Crippen LogP contribution is -2.48. The van der Waals surface area contributed by atoms with Gasteiger partial charge in [0.15, 0.2) is 0 Å². The van der Waals surface area contributed by atoms with Crippen molar-refractivity contribution in [3.63, 3.8) is 0 Å². The molecule has 0 aromatic heterocycles. The fraction of sp³-hybridized carbons (Fsp3) is 0.867. The van der Waals surface area contributed by atoms with E-state index in [1.165, 1.54) is 51.4 Å². The zero-order valence-electron chi connectivity index (χ0n) is 24.0. The van der Waals surface area contributed by atoms with Gasteiger partial charge in [-0.15, -0.1) is 0 Å². The summed E-state index contributed by atoms with van der Waals surface area (Å²) < 4.78 is 14.1. The van der Waals surface area contributed by atoms with Crippen molar-refractivity contribution >= 4 is 8.56 Å². The van der Waals surface area contributed by atoms with Crippen molar-refractivity contribution in [3.8, 4) is 0 Å². The van der Waals surface area contributed by atoms with Crippen LogP contribution in [0.4, 0.5) is 0 Å². The number of hydrogen-bond donors (Lipinski definition) is 0. The second kappa shape index (κ2) is 12.0. The maximum atomic E-state index is 7.05. The first-order valence-corrected chi connectivity index (χ1v) is 16.4. The third-order valence-electron chi connectivity index (χ3n) is 10.1. The van der Waals surface area contributed by atoms with E-state index in [0.717, 1.165) is 37.9 Å². The molecule has 2 atom stereocenters. The van der Waals surface area contributed by atoms with Crippen LogP contribution in [0, 0.1) is 22.7 Å². The SMILES string of the molecule is CCO[Si](OCC)(C1=C(CC)C(CC)(CC)C(CC)C1)C1=C(CC)C(CC)(CC)C(CC)C1. The van der Waals surface area contributed by atoms with Gasteiger partial charge in [-0.2, -0.15) is 0 Å². The molecule has 33 heavy (non-hydrogen) atoms. The van der Waals surface area contributed by atoms with E-state index in [4.69, 9.17) is 8.85 Å². The Morgan fingerprint density at radius 1 is 0.606 bits per heavy atom. The lowest BCUT2D eigenvalue weighted by Gasteiger charge is -2.38. The van der Waals surface area contributed by atoms with Gasteiger partial charge >= 0.3 is 8.56 Å². The van der Waals surface area contributed by atoms with Crippen LogP contribution < -0.4 is 0 Å². The maximum Gasteiger partial charge on any atom is 0.398 e. The molecule has 192 valence electrons. The Bertz CT molecular complexity index is 636. The van der Waals surface area contributed by atoms with Crippen LogP contribution in [0.3, 0.4) is 0 Å². The summed E-state index contributed by atoms with van der Waals surface area (Å²) in [6, 6.07) is 0. The van der Waals surface area contributed by atoms with Gasteiger partial charge in [-0.25, -0.2) is 0 Å². The molecule has 0 N–H and O–H groups in total. The highest BCUT2D eigenvalue weighted by atomic mass is 28.4. The first-order chi connectivity index (χ1) is 15.9. The summed E-state index contributed by atoms with van der Waals surface area (Å²) in [5.41, 5.74) is 4.09. The second-order valence-electron chi connectivity index (χ2n) is 10.4. The van der Waals surface area contributed by atoms with Crippen LogP contribution >= 0.6 is 0 Å². The van der Waals surface area contributed by atoms with Gasteiger partial charge in [0.05, 0.1) is 0 Å². The van der Waals surface area contributed by atoms with Crippen LogP contribution in [0.15, 0.2) is 21.5 Å². The molecule has 0 saturated heterocycles. The van der Waals surface area contributed by atoms with Gasteiger partial charge in [0.25, 0.3) is 0 Å². The smallest absolute Gasteiger partial charge is 0.388 e. The molecule has 0 heterocycles. The molecule has 2 aliphatic rings. The molecular formula is C30H56O2Si. The average molecular weight is 477 g/mol. The highest BCUT2D eigenvalue weighted by Gasteiger charge is 2.59. The molecule has 0 spiro atoms. The molecule has 0 aromatic carbocycles. The lowest BCUT2D eigenvalue weighted by molar-refractivity contribution is 0.192. The monoisotopic (exact) mass is 476 g/mol. The molecule has 2 rings (SSSR count). The van der Waals surface area contributed by atoms with Gasteiger partial charge in [-0.1, -0.05) is 79.4 Å². The van der Waals surface area contributed by atoms with Crippen LogP contribution in [0.25, 0.3) is 0 Å². The standard InChI is InChI=1S/C30H56O2Si/c1-11-23-21-27(25(13-3)29(23,15-5)16-6)33(31-19-9,32-20-10)28-22-24(12-2)30(17-7,18-8)26(28)14-4/h23-24H,11-22H2,1-10H3. The molecule has 0 aliphatic heterocycles. The van der Waals surface area contributed by atoms with Crippen molar-refractivity contribution in [2.24, 2.45) is 22.7 Å². The summed E-state index contributed by atoms with van der Waals surface area (Å²) in [5.74, 6) is 1.45. The predicted octanol–water partition coefficient (Wildman–Crippen LogP) is 9.47. The minimum Gasteiger partial charge on any atom is -0.388 e. The molecule has 0 radical (unpaired) electrons. The second-order valence-corrected chi connectivity index (χ2v) is 13.5. The van der Waals surface area contributed by atoms with Crippen molar-refractivity contribution in [2.75, 3.05) is 13.2 Å². The number of rotatable bonds is 14. The van der Waals surface area contributed by atoms with Crippen molar-refractivity contribution in [3.05, 3.63) is 21.5 Å². The Balaban J connectivity index is 2.92. The highest BCUT2D eigenvalue weighted by Crippen LogP contribution is 2.61. The summed E-state index contributed by atoms with van der Waals surface area (Å²) in [6.45, 7) is 25.2. The molecule has 0 amide bonds. The van der Waals surface area contributed by atoms with Crippen LogP contribution in [-0.4, -0.2) is 21.8 Å². The summed E-state index contributed by atoms with van der Waals surface area (Å²) in [6.07, 6.45) is 12.1. The fourth-order valence-electron chi connectivity index (χ4n) is 8.58. The van der Waals surface area contributed by atoms with Gasteiger partial charge in [-0.05, 0) is 98.3 Å². The average Bonchev–Trinajstić information content (AvgIpc) is 3.36. The van der Waals surface area contributed by atoms with Gasteiger partial charge in [0.1, 0.15) is 0 Å². The highest BCUT2D eigenvalue weighted by molar-refractivity contribution is 6.82. The molecule has 3 heteroatoms. The Hall–Kier alpha value is -0.383. The topological polar surface area (TPSA) is 18.5 Å². The number of hydrogen-bond acceptors (Lipinski definition) is 2. The Kier molecular flexibility index (Phi) is 10.5. The molecule has 0 aromatic rings. The summed E-state index contributed by atoms with van der Waals surface area (Å²) >= 11 is 0. The normalized spacial score (nSPS) is 24.9. The van der Waals surface area contributed by atoms with Crippen molar-refractivity contribution < 1.29 is 8.85 Å². The molecule has 0 bridgehead atoms. The zero-order chi connectivity index (χ0) is 24.9. The van der Waals surface area contributed by atoms with E-state index < -0.39 is 8.56 Å². The van der Waals surface area contributed by atoms with E-state index in [9.17, 15) is 0 Å². The predicted molar refractivity (Wildman–Crippen MR) is 146 cm³/mol. The first-order valence-electron chi connectivity index (χ1n) is 14.6. The minimum atomic E-state index is -2.70. The molecule has 0 saturated carbocycles. The van der Waals surface area contributed by atoms with Crippen LogP contribution in [0.1, 0.15) is 133 Å². The summed E-state index contributed by atoms with van der Waals surface area (Å²) in [7, 11) is -2.70. The van der Waals surface area contributed by atoms with Crippen molar-refractivity contribution in [1.29, 1.82) is 0 Å². The molecule has 2 unspecified atom stereocenters. The van der Waals surface area contributed by atoms with Crippen molar-refractivity contribution in [1.82, 2.24) is 0 Å². The van der Waals surface area contributed by atoms with Gasteiger partial charge in [0.2, 0.25) is 0 Å².